The molecule has 0 aliphatic heterocycles. The first-order valence-electron chi connectivity index (χ1n) is 5.09. The molecule has 0 bridgehead atoms. The first-order valence-corrected chi connectivity index (χ1v) is 6.70. The Bertz CT molecular complexity index is 306. The van der Waals surface area contributed by atoms with Crippen LogP contribution in [0.1, 0.15) is 24.6 Å². The summed E-state index contributed by atoms with van der Waals surface area (Å²) in [5.74, 6) is 1.25. The van der Waals surface area contributed by atoms with Crippen LogP contribution in [0.5, 0.6) is 0 Å². The van der Waals surface area contributed by atoms with Gasteiger partial charge in [-0.1, -0.05) is 6.92 Å². The molecule has 1 nitrogen and oxygen atoms in total. The number of rotatable bonds is 4. The maximum atomic E-state index is 9.98. The van der Waals surface area contributed by atoms with Crippen LogP contribution in [0.25, 0.3) is 0 Å². The molecule has 0 radical (unpaired) electrons. The van der Waals surface area contributed by atoms with E-state index in [0.717, 1.165) is 16.1 Å². The molecule has 1 aromatic heterocycles. The Kier molecular flexibility index (Phi) is 3.30. The van der Waals surface area contributed by atoms with Gasteiger partial charge in [0.15, 0.2) is 0 Å². The molecule has 1 saturated carbocycles. The number of thiophene rings is 1. The van der Waals surface area contributed by atoms with Crippen LogP contribution in [-0.2, 0) is 6.42 Å². The fourth-order valence-electron chi connectivity index (χ4n) is 1.79. The Hall–Kier alpha value is 0.140. The maximum absolute atomic E-state index is 9.98. The lowest BCUT2D eigenvalue weighted by Gasteiger charge is -2.17. The van der Waals surface area contributed by atoms with E-state index >= 15 is 0 Å². The largest absolute Gasteiger partial charge is 0.392 e. The lowest BCUT2D eigenvalue weighted by Crippen LogP contribution is -2.21. The number of hydrogen-bond acceptors (Lipinski definition) is 2. The molecule has 1 heterocycles. The standard InChI is InChI=1S/C11H15BrOS/c1-7(8-2-3-8)10(13)6-9-4-5-11(12)14-9/h4-5,7-8,10,13H,2-3,6H2,1H3. The van der Waals surface area contributed by atoms with E-state index in [0.29, 0.717) is 5.92 Å². The van der Waals surface area contributed by atoms with Gasteiger partial charge in [0, 0.05) is 11.3 Å². The third-order valence-corrected chi connectivity index (χ3v) is 4.66. The molecule has 2 atom stereocenters. The Labute approximate surface area is 97.3 Å². The molecular weight excluding hydrogens is 260 g/mol. The van der Waals surface area contributed by atoms with Crippen molar-refractivity contribution < 1.29 is 5.11 Å². The van der Waals surface area contributed by atoms with Crippen molar-refractivity contribution in [3.63, 3.8) is 0 Å². The minimum absolute atomic E-state index is 0.159. The Morgan fingerprint density at radius 3 is 2.79 bits per heavy atom. The third-order valence-electron chi connectivity index (χ3n) is 3.01. The van der Waals surface area contributed by atoms with Crippen molar-refractivity contribution >= 4 is 27.3 Å². The average molecular weight is 275 g/mol. The molecule has 1 aliphatic rings. The molecule has 0 amide bonds. The average Bonchev–Trinajstić information content (AvgIpc) is 2.91. The van der Waals surface area contributed by atoms with E-state index in [2.05, 4.69) is 35.0 Å². The van der Waals surface area contributed by atoms with E-state index in [4.69, 9.17) is 0 Å². The minimum atomic E-state index is -0.159. The Morgan fingerprint density at radius 2 is 2.29 bits per heavy atom. The van der Waals surface area contributed by atoms with Crippen molar-refractivity contribution in [3.8, 4) is 0 Å². The van der Waals surface area contributed by atoms with Gasteiger partial charge in [-0.25, -0.2) is 0 Å². The van der Waals surface area contributed by atoms with E-state index in [1.165, 1.54) is 17.7 Å². The second-order valence-electron chi connectivity index (χ2n) is 4.17. The van der Waals surface area contributed by atoms with Crippen molar-refractivity contribution in [2.24, 2.45) is 11.8 Å². The zero-order chi connectivity index (χ0) is 10.1. The monoisotopic (exact) mass is 274 g/mol. The van der Waals surface area contributed by atoms with E-state index in [1.54, 1.807) is 11.3 Å². The summed E-state index contributed by atoms with van der Waals surface area (Å²) in [6.45, 7) is 2.17. The van der Waals surface area contributed by atoms with Gasteiger partial charge in [-0.2, -0.15) is 0 Å². The summed E-state index contributed by atoms with van der Waals surface area (Å²) < 4.78 is 1.15. The van der Waals surface area contributed by atoms with Crippen LogP contribution in [0.2, 0.25) is 0 Å². The van der Waals surface area contributed by atoms with Crippen LogP contribution in [-0.4, -0.2) is 11.2 Å². The van der Waals surface area contributed by atoms with Crippen molar-refractivity contribution in [3.05, 3.63) is 20.8 Å². The van der Waals surface area contributed by atoms with Crippen LogP contribution in [0.15, 0.2) is 15.9 Å². The summed E-state index contributed by atoms with van der Waals surface area (Å²) in [5.41, 5.74) is 0. The predicted octanol–water partition coefficient (Wildman–Crippen LogP) is 3.46. The van der Waals surface area contributed by atoms with Crippen molar-refractivity contribution in [1.29, 1.82) is 0 Å². The highest BCUT2D eigenvalue weighted by Gasteiger charge is 2.32. The molecule has 1 N–H and O–H groups in total. The summed E-state index contributed by atoms with van der Waals surface area (Å²) >= 11 is 5.16. The fourth-order valence-corrected chi connectivity index (χ4v) is 3.32. The van der Waals surface area contributed by atoms with Crippen molar-refractivity contribution in [2.75, 3.05) is 0 Å². The number of aliphatic hydroxyl groups excluding tert-OH is 1. The van der Waals surface area contributed by atoms with Gasteiger partial charge >= 0.3 is 0 Å². The zero-order valence-corrected chi connectivity index (χ0v) is 10.6. The first-order chi connectivity index (χ1) is 6.66. The molecular formula is C11H15BrOS. The molecule has 1 aliphatic carbocycles. The lowest BCUT2D eigenvalue weighted by atomic mass is 9.96. The third kappa shape index (κ3) is 2.59. The normalized spacial score (nSPS) is 20.8. The number of hydrogen-bond donors (Lipinski definition) is 1. The van der Waals surface area contributed by atoms with Gasteiger partial charge in [0.1, 0.15) is 0 Å². The molecule has 2 rings (SSSR count). The van der Waals surface area contributed by atoms with E-state index in [9.17, 15) is 5.11 Å². The number of aliphatic hydroxyl groups is 1. The summed E-state index contributed by atoms with van der Waals surface area (Å²) in [5, 5.41) is 9.98. The van der Waals surface area contributed by atoms with Crippen LogP contribution in [0, 0.1) is 11.8 Å². The molecule has 2 unspecified atom stereocenters. The molecule has 1 aromatic rings. The minimum Gasteiger partial charge on any atom is -0.392 e. The van der Waals surface area contributed by atoms with Crippen LogP contribution < -0.4 is 0 Å². The quantitative estimate of drug-likeness (QED) is 0.892. The summed E-state index contributed by atoms with van der Waals surface area (Å²) in [4.78, 5) is 1.27. The highest BCUT2D eigenvalue weighted by atomic mass is 79.9. The van der Waals surface area contributed by atoms with E-state index in [1.807, 2.05) is 0 Å². The van der Waals surface area contributed by atoms with Gasteiger partial charge in [-0.3, -0.25) is 0 Å². The molecule has 3 heteroatoms. The Morgan fingerprint density at radius 1 is 1.57 bits per heavy atom. The molecule has 14 heavy (non-hydrogen) atoms. The van der Waals surface area contributed by atoms with E-state index in [-0.39, 0.29) is 6.10 Å². The molecule has 0 saturated heterocycles. The smallest absolute Gasteiger partial charge is 0.0701 e. The summed E-state index contributed by atoms with van der Waals surface area (Å²) in [6.07, 6.45) is 3.28. The second kappa shape index (κ2) is 4.33. The Balaban J connectivity index is 1.89. The number of halogens is 1. The summed E-state index contributed by atoms with van der Waals surface area (Å²) in [7, 11) is 0. The van der Waals surface area contributed by atoms with Gasteiger partial charge in [-0.05, 0) is 52.7 Å². The van der Waals surface area contributed by atoms with Gasteiger partial charge in [-0.15, -0.1) is 11.3 Å². The topological polar surface area (TPSA) is 20.2 Å². The van der Waals surface area contributed by atoms with Crippen molar-refractivity contribution in [2.45, 2.75) is 32.3 Å². The molecule has 0 spiro atoms. The SMILES string of the molecule is CC(C(O)Cc1ccc(Br)s1)C1CC1. The predicted molar refractivity (Wildman–Crippen MR) is 63.6 cm³/mol. The lowest BCUT2D eigenvalue weighted by molar-refractivity contribution is 0.106. The first kappa shape index (κ1) is 10.7. The van der Waals surface area contributed by atoms with E-state index < -0.39 is 0 Å². The zero-order valence-electron chi connectivity index (χ0n) is 8.24. The highest BCUT2D eigenvalue weighted by molar-refractivity contribution is 9.11. The van der Waals surface area contributed by atoms with Gasteiger partial charge in [0.2, 0.25) is 0 Å². The second-order valence-corrected chi connectivity index (χ2v) is 6.72. The highest BCUT2D eigenvalue weighted by Crippen LogP contribution is 2.39. The van der Waals surface area contributed by atoms with Gasteiger partial charge in [0.25, 0.3) is 0 Å². The van der Waals surface area contributed by atoms with Crippen LogP contribution in [0.3, 0.4) is 0 Å². The van der Waals surface area contributed by atoms with Gasteiger partial charge in [0.05, 0.1) is 9.89 Å². The molecule has 0 aromatic carbocycles. The fraction of sp³-hybridized carbons (Fsp3) is 0.636. The van der Waals surface area contributed by atoms with Crippen LogP contribution >= 0.6 is 27.3 Å². The summed E-state index contributed by atoms with van der Waals surface area (Å²) in [6, 6.07) is 4.14. The van der Waals surface area contributed by atoms with Gasteiger partial charge < -0.3 is 5.11 Å². The van der Waals surface area contributed by atoms with Crippen LogP contribution in [0.4, 0.5) is 0 Å². The maximum Gasteiger partial charge on any atom is 0.0701 e. The molecule has 1 fully saturated rings. The van der Waals surface area contributed by atoms with Crippen molar-refractivity contribution in [1.82, 2.24) is 0 Å². The molecule has 78 valence electrons.